The number of nitrogens with one attached hydrogen (secondary N) is 1. The second-order valence-electron chi connectivity index (χ2n) is 7.27. The highest BCUT2D eigenvalue weighted by Crippen LogP contribution is 2.29. The molecule has 1 saturated carbocycles. The average molecular weight is 358 g/mol. The minimum Gasteiger partial charge on any atom is -0.480 e. The number of carbonyl (C=O) groups is 3. The van der Waals surface area contributed by atoms with Gasteiger partial charge >= 0.3 is 5.97 Å². The third-order valence-electron chi connectivity index (χ3n) is 5.50. The molecular formula is C20H26N2O4. The molecule has 26 heavy (non-hydrogen) atoms. The summed E-state index contributed by atoms with van der Waals surface area (Å²) in [6, 6.07) is 7.73. The number of amides is 2. The molecule has 0 saturated heterocycles. The summed E-state index contributed by atoms with van der Waals surface area (Å²) in [7, 11) is 0. The van der Waals surface area contributed by atoms with Crippen LogP contribution >= 0.6 is 0 Å². The zero-order valence-electron chi connectivity index (χ0n) is 15.0. The van der Waals surface area contributed by atoms with Crippen LogP contribution in [0.2, 0.25) is 0 Å². The van der Waals surface area contributed by atoms with Crippen LogP contribution in [-0.4, -0.2) is 35.0 Å². The third-order valence-corrected chi connectivity index (χ3v) is 5.50. The molecule has 2 aliphatic rings. The first kappa shape index (κ1) is 18.4. The Morgan fingerprint density at radius 3 is 2.46 bits per heavy atom. The van der Waals surface area contributed by atoms with Crippen molar-refractivity contribution in [1.82, 2.24) is 5.32 Å². The maximum atomic E-state index is 12.5. The second kappa shape index (κ2) is 7.89. The van der Waals surface area contributed by atoms with E-state index in [1.54, 1.807) is 4.90 Å². The quantitative estimate of drug-likeness (QED) is 0.792. The van der Waals surface area contributed by atoms with Crippen LogP contribution in [0.3, 0.4) is 0 Å². The number of benzene rings is 1. The van der Waals surface area contributed by atoms with E-state index >= 15 is 0 Å². The SMILES string of the molecule is O=C(CCN1C(=O)CCc2ccccc21)NC1(C(=O)O)CCCCCC1. The lowest BCUT2D eigenvalue weighted by Gasteiger charge is -2.31. The number of aryl methyl sites for hydroxylation is 1. The number of carboxylic acids is 1. The van der Waals surface area contributed by atoms with Gasteiger partial charge in [0.2, 0.25) is 11.8 Å². The van der Waals surface area contributed by atoms with Gasteiger partial charge in [-0.2, -0.15) is 0 Å². The van der Waals surface area contributed by atoms with Crippen molar-refractivity contribution in [3.8, 4) is 0 Å². The first-order valence-electron chi connectivity index (χ1n) is 9.44. The number of aliphatic carboxylic acids is 1. The van der Waals surface area contributed by atoms with Crippen LogP contribution in [0.5, 0.6) is 0 Å². The largest absolute Gasteiger partial charge is 0.480 e. The zero-order chi connectivity index (χ0) is 18.6. The van der Waals surface area contributed by atoms with Crippen molar-refractivity contribution in [2.45, 2.75) is 63.3 Å². The molecule has 2 amide bonds. The molecule has 0 aromatic heterocycles. The predicted molar refractivity (Wildman–Crippen MR) is 97.9 cm³/mol. The van der Waals surface area contributed by atoms with Gasteiger partial charge in [0.05, 0.1) is 0 Å². The monoisotopic (exact) mass is 358 g/mol. The van der Waals surface area contributed by atoms with Crippen molar-refractivity contribution in [1.29, 1.82) is 0 Å². The number of hydrogen-bond donors (Lipinski definition) is 2. The maximum Gasteiger partial charge on any atom is 0.329 e. The Hall–Kier alpha value is -2.37. The fraction of sp³-hybridized carbons (Fsp3) is 0.550. The summed E-state index contributed by atoms with van der Waals surface area (Å²) in [5, 5.41) is 12.4. The summed E-state index contributed by atoms with van der Waals surface area (Å²) in [6.07, 6.45) is 5.84. The van der Waals surface area contributed by atoms with Gasteiger partial charge in [0.1, 0.15) is 5.54 Å². The van der Waals surface area contributed by atoms with Gasteiger partial charge in [0.15, 0.2) is 0 Å². The molecule has 0 spiro atoms. The highest BCUT2D eigenvalue weighted by atomic mass is 16.4. The van der Waals surface area contributed by atoms with Gasteiger partial charge < -0.3 is 15.3 Å². The third kappa shape index (κ3) is 3.89. The van der Waals surface area contributed by atoms with Gasteiger partial charge in [0.25, 0.3) is 0 Å². The van der Waals surface area contributed by atoms with E-state index in [1.807, 2.05) is 24.3 Å². The van der Waals surface area contributed by atoms with Crippen LogP contribution in [0.1, 0.15) is 56.9 Å². The smallest absolute Gasteiger partial charge is 0.329 e. The summed E-state index contributed by atoms with van der Waals surface area (Å²) >= 11 is 0. The summed E-state index contributed by atoms with van der Waals surface area (Å²) in [5.41, 5.74) is 0.814. The predicted octanol–water partition coefficient (Wildman–Crippen LogP) is 2.65. The molecular weight excluding hydrogens is 332 g/mol. The first-order chi connectivity index (χ1) is 12.5. The van der Waals surface area contributed by atoms with E-state index in [0.29, 0.717) is 19.3 Å². The van der Waals surface area contributed by atoms with E-state index in [0.717, 1.165) is 43.4 Å². The number of carbonyl (C=O) groups excluding carboxylic acids is 2. The van der Waals surface area contributed by atoms with Gasteiger partial charge in [0, 0.05) is 25.1 Å². The van der Waals surface area contributed by atoms with Crippen molar-refractivity contribution < 1.29 is 19.5 Å². The molecule has 1 heterocycles. The molecule has 6 nitrogen and oxygen atoms in total. The molecule has 0 bridgehead atoms. The lowest BCUT2D eigenvalue weighted by Crippen LogP contribution is -2.54. The molecule has 1 aromatic rings. The number of para-hydroxylation sites is 1. The standard InChI is InChI=1S/C20H26N2O4/c23-17(21-20(19(25)26)12-5-1-2-6-13-20)11-14-22-16-8-4-3-7-15(16)9-10-18(22)24/h3-4,7-8H,1-2,5-6,9-14H2,(H,21,23)(H,25,26). The summed E-state index contributed by atoms with van der Waals surface area (Å²) in [6.45, 7) is 0.275. The molecule has 1 aliphatic carbocycles. The molecule has 6 heteroatoms. The number of carboxylic acid groups (broad SMARTS) is 1. The van der Waals surface area contributed by atoms with Crippen molar-refractivity contribution >= 4 is 23.5 Å². The number of rotatable bonds is 5. The normalized spacial score (nSPS) is 19.4. The summed E-state index contributed by atoms with van der Waals surface area (Å²) < 4.78 is 0. The van der Waals surface area contributed by atoms with Crippen molar-refractivity contribution in [3.05, 3.63) is 29.8 Å². The summed E-state index contributed by atoms with van der Waals surface area (Å²) in [4.78, 5) is 38.2. The highest BCUT2D eigenvalue weighted by Gasteiger charge is 2.40. The van der Waals surface area contributed by atoms with Gasteiger partial charge in [-0.3, -0.25) is 9.59 Å². The molecule has 1 aromatic carbocycles. The molecule has 0 unspecified atom stereocenters. The Morgan fingerprint density at radius 2 is 1.77 bits per heavy atom. The maximum absolute atomic E-state index is 12.5. The molecule has 2 N–H and O–H groups in total. The van der Waals surface area contributed by atoms with Crippen LogP contribution in [0.4, 0.5) is 5.69 Å². The molecule has 1 aliphatic heterocycles. The minimum atomic E-state index is -1.16. The van der Waals surface area contributed by atoms with Crippen LogP contribution in [0, 0.1) is 0 Å². The Balaban J connectivity index is 1.65. The van der Waals surface area contributed by atoms with E-state index in [4.69, 9.17) is 0 Å². The minimum absolute atomic E-state index is 0.0129. The van der Waals surface area contributed by atoms with E-state index in [9.17, 15) is 19.5 Å². The van der Waals surface area contributed by atoms with Crippen LogP contribution < -0.4 is 10.2 Å². The molecule has 3 rings (SSSR count). The molecule has 1 fully saturated rings. The molecule has 140 valence electrons. The fourth-order valence-electron chi connectivity index (χ4n) is 4.01. The Bertz CT molecular complexity index is 693. The zero-order valence-corrected chi connectivity index (χ0v) is 15.0. The Morgan fingerprint density at radius 1 is 1.08 bits per heavy atom. The lowest BCUT2D eigenvalue weighted by atomic mass is 9.90. The Labute approximate surface area is 153 Å². The summed E-state index contributed by atoms with van der Waals surface area (Å²) in [5.74, 6) is -1.24. The van der Waals surface area contributed by atoms with Gasteiger partial charge in [-0.25, -0.2) is 4.79 Å². The number of fused-ring (bicyclic) bond motifs is 1. The van der Waals surface area contributed by atoms with E-state index < -0.39 is 11.5 Å². The Kier molecular flexibility index (Phi) is 5.59. The average Bonchev–Trinajstić information content (AvgIpc) is 2.87. The van der Waals surface area contributed by atoms with E-state index in [1.165, 1.54) is 0 Å². The fourth-order valence-corrected chi connectivity index (χ4v) is 4.01. The second-order valence-corrected chi connectivity index (χ2v) is 7.27. The van der Waals surface area contributed by atoms with Crippen molar-refractivity contribution in [2.24, 2.45) is 0 Å². The molecule has 0 radical (unpaired) electrons. The number of nitrogens with zero attached hydrogens (tertiary/aromatic N) is 1. The van der Waals surface area contributed by atoms with Gasteiger partial charge in [-0.05, 0) is 30.9 Å². The molecule has 0 atom stereocenters. The van der Waals surface area contributed by atoms with Crippen LogP contribution in [-0.2, 0) is 20.8 Å². The lowest BCUT2D eigenvalue weighted by molar-refractivity contribution is -0.148. The van der Waals surface area contributed by atoms with E-state index in [-0.39, 0.29) is 24.8 Å². The van der Waals surface area contributed by atoms with Crippen molar-refractivity contribution in [3.63, 3.8) is 0 Å². The number of anilines is 1. The van der Waals surface area contributed by atoms with E-state index in [2.05, 4.69) is 5.32 Å². The van der Waals surface area contributed by atoms with Gasteiger partial charge in [-0.1, -0.05) is 43.9 Å². The van der Waals surface area contributed by atoms with Gasteiger partial charge in [-0.15, -0.1) is 0 Å². The highest BCUT2D eigenvalue weighted by molar-refractivity contribution is 5.97. The van der Waals surface area contributed by atoms with Crippen molar-refractivity contribution in [2.75, 3.05) is 11.4 Å². The first-order valence-corrected chi connectivity index (χ1v) is 9.44. The van der Waals surface area contributed by atoms with Crippen LogP contribution in [0.25, 0.3) is 0 Å². The topological polar surface area (TPSA) is 86.7 Å². The number of hydrogen-bond acceptors (Lipinski definition) is 3. The van der Waals surface area contributed by atoms with Crippen LogP contribution in [0.15, 0.2) is 24.3 Å².